The molecule has 89 heavy (non-hydrogen) atoms. The van der Waals surface area contributed by atoms with E-state index in [0.717, 1.165) is 11.1 Å². The van der Waals surface area contributed by atoms with E-state index in [1.54, 1.807) is 61.2 Å². The fourth-order valence-electron chi connectivity index (χ4n) is 12.2. The Bertz CT molecular complexity index is 2740. The normalized spacial score (nSPS) is 22.5. The molecule has 0 aromatic heterocycles. The van der Waals surface area contributed by atoms with Crippen LogP contribution >= 0.6 is 0 Å². The molecule has 25 heteroatoms. The predicted octanol–water partition coefficient (Wildman–Crippen LogP) is 0.272. The largest absolute Gasteiger partial charge is 0.396 e. The SMILES string of the molecule is CC[C@H](NC)C(=O)N[C@@H]1C(=O)N2[C@@H](CC[C@@H]1CO)CC[C@H]2C(=O)N[C@H](C(=O)NCCOCCOCCOCCNC(=O)COCC(=O)NC[C@H]1CC[C@H]2CC[C@@H](C(=O)NC(c3ccccc3)c3ccccc3)N2C(=O)[C@H]1NC(=O)[C@H](C)NC)c1ccccc1. The second-order valence-corrected chi connectivity index (χ2v) is 23.0. The van der Waals surface area contributed by atoms with Crippen LogP contribution in [0.2, 0.25) is 0 Å². The molecule has 4 aliphatic heterocycles. The number of amides is 9. The van der Waals surface area contributed by atoms with Gasteiger partial charge in [0.05, 0.1) is 57.8 Å². The van der Waals surface area contributed by atoms with Crippen molar-refractivity contribution in [2.45, 2.75) is 132 Å². The van der Waals surface area contributed by atoms with E-state index in [9.17, 15) is 48.3 Å². The first-order valence-electron chi connectivity index (χ1n) is 31.3. The molecule has 11 atom stereocenters. The van der Waals surface area contributed by atoms with Gasteiger partial charge in [-0.2, -0.15) is 0 Å². The summed E-state index contributed by atoms with van der Waals surface area (Å²) in [6.45, 7) is 4.08. The van der Waals surface area contributed by atoms with E-state index in [0.29, 0.717) is 63.4 Å². The van der Waals surface area contributed by atoms with E-state index < -0.39 is 102 Å². The lowest BCUT2D eigenvalue weighted by Crippen LogP contribution is -2.59. The van der Waals surface area contributed by atoms with Crippen molar-refractivity contribution in [2.75, 3.05) is 93.2 Å². The van der Waals surface area contributed by atoms with Crippen molar-refractivity contribution in [1.82, 2.24) is 57.7 Å². The molecule has 4 fully saturated rings. The fraction of sp³-hybridized carbons (Fsp3) is 0.578. The maximum Gasteiger partial charge on any atom is 0.247 e. The summed E-state index contributed by atoms with van der Waals surface area (Å²) in [7, 11) is 3.30. The minimum absolute atomic E-state index is 0.0420. The molecule has 25 nitrogen and oxygen atoms in total. The zero-order valence-corrected chi connectivity index (χ0v) is 51.6. The number of rotatable bonds is 34. The molecule has 3 aromatic carbocycles. The average molecular weight is 1240 g/mol. The number of fused-ring (bicyclic) bond motifs is 2. The van der Waals surface area contributed by atoms with Crippen LogP contribution < -0.4 is 47.9 Å². The van der Waals surface area contributed by atoms with E-state index in [2.05, 4.69) is 47.9 Å². The summed E-state index contributed by atoms with van der Waals surface area (Å²) in [4.78, 5) is 126. The Morgan fingerprint density at radius 2 is 0.989 bits per heavy atom. The number of carbonyl (C=O) groups excluding carboxylic acids is 9. The first kappa shape index (κ1) is 69.1. The van der Waals surface area contributed by atoms with E-state index in [-0.39, 0.29) is 102 Å². The molecule has 0 bridgehead atoms. The highest BCUT2D eigenvalue weighted by molar-refractivity contribution is 5.97. The third kappa shape index (κ3) is 19.6. The highest BCUT2D eigenvalue weighted by Gasteiger charge is 2.50. The fourth-order valence-corrected chi connectivity index (χ4v) is 12.2. The number of benzene rings is 3. The van der Waals surface area contributed by atoms with Crippen LogP contribution in [0.4, 0.5) is 0 Å². The van der Waals surface area contributed by atoms with Crippen molar-refractivity contribution in [2.24, 2.45) is 11.8 Å². The summed E-state index contributed by atoms with van der Waals surface area (Å²) in [6.07, 6.45) is 4.62. The third-order valence-electron chi connectivity index (χ3n) is 17.2. The summed E-state index contributed by atoms with van der Waals surface area (Å²) in [5, 5.41) is 36.3. The number of aliphatic hydroxyl groups excluding tert-OH is 1. The molecular weight excluding hydrogens is 1150 g/mol. The van der Waals surface area contributed by atoms with E-state index in [4.69, 9.17) is 18.9 Å². The Labute approximate surface area is 520 Å². The Kier molecular flexibility index (Phi) is 27.7. The van der Waals surface area contributed by atoms with Gasteiger partial charge in [0.1, 0.15) is 43.4 Å². The number of hydrogen-bond acceptors (Lipinski definition) is 16. The molecule has 0 aliphatic carbocycles. The first-order valence-corrected chi connectivity index (χ1v) is 31.3. The van der Waals surface area contributed by atoms with Gasteiger partial charge in [-0.1, -0.05) is 97.9 Å². The number of nitrogens with one attached hydrogen (secondary N) is 9. The van der Waals surface area contributed by atoms with Gasteiger partial charge >= 0.3 is 0 Å². The van der Waals surface area contributed by atoms with Crippen molar-refractivity contribution >= 4 is 53.2 Å². The summed E-state index contributed by atoms with van der Waals surface area (Å²) < 4.78 is 22.2. The standard InChI is InChI=1S/C64H91N11O14/c1-5-49(66-4)59(80)73-57-46(38-76)22-24-48-26-28-51(75(48)64(57)85)61(82)71-55(44-19-13-8-14-20-44)62(83)68-30-32-87-34-36-88-35-33-86-31-29-67-52(77)39-89-40-53(78)69-37-45-21-23-47-25-27-50(74(47)63(84)56(45)72-58(79)41(2)65-3)60(81)70-54(42-15-9-6-10-16-42)43-17-11-7-12-18-43/h6-20,41,45-51,54-57,65-66,76H,5,21-40H2,1-4H3,(H,67,77)(H,68,83)(H,69,78)(H,70,81)(H,71,82)(H,72,79)(H,73,80)/t41-,45+,46+,47-,48-,49-,50-,51-,55-,56-,57-/m0/s1. The second kappa shape index (κ2) is 35.7. The van der Waals surface area contributed by atoms with Crippen LogP contribution in [-0.2, 0) is 62.1 Å². The van der Waals surface area contributed by atoms with E-state index in [1.165, 1.54) is 0 Å². The monoisotopic (exact) mass is 1240 g/mol. The van der Waals surface area contributed by atoms with Crippen LogP contribution in [0, 0.1) is 11.8 Å². The molecule has 10 N–H and O–H groups in total. The summed E-state index contributed by atoms with van der Waals surface area (Å²) in [5.41, 5.74) is 2.34. The Morgan fingerprint density at radius 1 is 0.528 bits per heavy atom. The van der Waals surface area contributed by atoms with Crippen molar-refractivity contribution in [3.8, 4) is 0 Å². The predicted molar refractivity (Wildman–Crippen MR) is 328 cm³/mol. The number of carbonyl (C=O) groups is 9. The van der Waals surface area contributed by atoms with Crippen molar-refractivity contribution in [3.63, 3.8) is 0 Å². The van der Waals surface area contributed by atoms with Gasteiger partial charge in [-0.3, -0.25) is 43.2 Å². The number of nitrogens with zero attached hydrogens (tertiary/aromatic N) is 2. The van der Waals surface area contributed by atoms with Gasteiger partial charge in [0, 0.05) is 50.2 Å². The van der Waals surface area contributed by atoms with Crippen LogP contribution in [0.1, 0.15) is 100 Å². The molecule has 0 spiro atoms. The Morgan fingerprint density at radius 3 is 1.51 bits per heavy atom. The number of aliphatic hydroxyl groups is 1. The molecule has 0 unspecified atom stereocenters. The minimum Gasteiger partial charge on any atom is -0.396 e. The van der Waals surface area contributed by atoms with Gasteiger partial charge < -0.3 is 81.7 Å². The maximum absolute atomic E-state index is 14.6. The van der Waals surface area contributed by atoms with Crippen molar-refractivity contribution in [1.29, 1.82) is 0 Å². The third-order valence-corrected chi connectivity index (χ3v) is 17.2. The van der Waals surface area contributed by atoms with Gasteiger partial charge in [0.2, 0.25) is 53.2 Å². The lowest BCUT2D eigenvalue weighted by Gasteiger charge is -2.33. The molecule has 0 radical (unpaired) electrons. The lowest BCUT2D eigenvalue weighted by molar-refractivity contribution is -0.144. The van der Waals surface area contributed by atoms with Crippen LogP contribution in [0.3, 0.4) is 0 Å². The maximum atomic E-state index is 14.6. The van der Waals surface area contributed by atoms with Crippen LogP contribution in [0.5, 0.6) is 0 Å². The number of likely N-dealkylation sites (N-methyl/N-ethyl adjacent to an activating group) is 2. The quantitative estimate of drug-likeness (QED) is 0.0359. The topological polar surface area (TPSA) is 326 Å². The zero-order valence-electron chi connectivity index (χ0n) is 51.6. The molecular formula is C64H91N11O14. The Hall–Kier alpha value is -7.39. The van der Waals surface area contributed by atoms with Crippen LogP contribution in [0.25, 0.3) is 0 Å². The highest BCUT2D eigenvalue weighted by Crippen LogP contribution is 2.36. The Balaban J connectivity index is 0.755. The molecule has 4 saturated heterocycles. The summed E-state index contributed by atoms with van der Waals surface area (Å²) >= 11 is 0. The summed E-state index contributed by atoms with van der Waals surface area (Å²) in [5.74, 6) is -4.79. The molecule has 4 heterocycles. The molecule has 7 rings (SSSR count). The summed E-state index contributed by atoms with van der Waals surface area (Å²) in [6, 6.07) is 21.2. The zero-order chi connectivity index (χ0) is 63.7. The molecule has 9 amide bonds. The van der Waals surface area contributed by atoms with Gasteiger partial charge in [-0.05, 0) is 95.5 Å². The molecule has 4 aliphatic rings. The lowest BCUT2D eigenvalue weighted by atomic mass is 9.92. The van der Waals surface area contributed by atoms with Gasteiger partial charge in [0.25, 0.3) is 0 Å². The minimum atomic E-state index is -1.07. The molecule has 3 aromatic rings. The van der Waals surface area contributed by atoms with Crippen LogP contribution in [0.15, 0.2) is 91.0 Å². The van der Waals surface area contributed by atoms with Gasteiger partial charge in [0.15, 0.2) is 0 Å². The van der Waals surface area contributed by atoms with Gasteiger partial charge in [-0.25, -0.2) is 0 Å². The van der Waals surface area contributed by atoms with Crippen molar-refractivity contribution < 1.29 is 67.2 Å². The van der Waals surface area contributed by atoms with E-state index in [1.807, 2.05) is 67.6 Å². The number of hydrogen-bond donors (Lipinski definition) is 10. The molecule has 486 valence electrons. The van der Waals surface area contributed by atoms with Crippen molar-refractivity contribution in [3.05, 3.63) is 108 Å². The highest BCUT2D eigenvalue weighted by atomic mass is 16.5. The van der Waals surface area contributed by atoms with Crippen LogP contribution in [-0.4, -0.2) is 210 Å². The second-order valence-electron chi connectivity index (χ2n) is 23.0. The van der Waals surface area contributed by atoms with Gasteiger partial charge in [-0.15, -0.1) is 0 Å². The molecule has 0 saturated carbocycles. The van der Waals surface area contributed by atoms with E-state index >= 15 is 0 Å². The first-order chi connectivity index (χ1) is 43.2. The average Bonchev–Trinajstić information content (AvgIpc) is 1.90. The number of ether oxygens (including phenoxy) is 4. The smallest absolute Gasteiger partial charge is 0.247 e.